The Balaban J connectivity index is 1.48. The normalized spacial score (nSPS) is 10.5. The number of carbonyl (C=O) groups is 2. The number of amides is 1. The van der Waals surface area contributed by atoms with Crippen LogP contribution >= 0.6 is 23.2 Å². The summed E-state index contributed by atoms with van der Waals surface area (Å²) < 4.78 is 20.5. The molecule has 168 valence electrons. The van der Waals surface area contributed by atoms with E-state index < -0.39 is 18.5 Å². The van der Waals surface area contributed by atoms with Crippen molar-refractivity contribution in [3.63, 3.8) is 0 Å². The van der Waals surface area contributed by atoms with E-state index >= 15 is 0 Å². The lowest BCUT2D eigenvalue weighted by Gasteiger charge is -2.13. The van der Waals surface area contributed by atoms with Gasteiger partial charge in [-0.2, -0.15) is 4.98 Å². The minimum absolute atomic E-state index is 0.0341. The number of anilines is 1. The van der Waals surface area contributed by atoms with Crippen molar-refractivity contribution in [1.29, 1.82) is 0 Å². The molecule has 0 fully saturated rings. The smallest absolute Gasteiger partial charge is 0.306 e. The molecule has 0 saturated heterocycles. The molecule has 2 aromatic carbocycles. The highest BCUT2D eigenvalue weighted by Gasteiger charge is 2.15. The third-order valence-electron chi connectivity index (χ3n) is 4.23. The minimum Gasteiger partial charge on any atom is -0.495 e. The van der Waals surface area contributed by atoms with Crippen LogP contribution in [0.4, 0.5) is 5.69 Å². The molecule has 0 spiro atoms. The highest BCUT2D eigenvalue weighted by molar-refractivity contribution is 6.32. The minimum atomic E-state index is -0.591. The van der Waals surface area contributed by atoms with E-state index in [-0.39, 0.29) is 18.7 Å². The van der Waals surface area contributed by atoms with Gasteiger partial charge in [0.1, 0.15) is 11.5 Å². The van der Waals surface area contributed by atoms with Gasteiger partial charge in [-0.1, -0.05) is 28.4 Å². The summed E-state index contributed by atoms with van der Waals surface area (Å²) >= 11 is 11.9. The van der Waals surface area contributed by atoms with Crippen LogP contribution in [-0.2, 0) is 20.7 Å². The monoisotopic (exact) mass is 479 g/mol. The summed E-state index contributed by atoms with van der Waals surface area (Å²) in [5, 5.41) is 7.39. The average Bonchev–Trinajstić information content (AvgIpc) is 3.26. The summed E-state index contributed by atoms with van der Waals surface area (Å²) in [4.78, 5) is 28.4. The topological polar surface area (TPSA) is 113 Å². The first-order valence-electron chi connectivity index (χ1n) is 9.35. The van der Waals surface area contributed by atoms with Gasteiger partial charge in [-0.15, -0.1) is 0 Å². The number of aryl methyl sites for hydroxylation is 1. The van der Waals surface area contributed by atoms with Gasteiger partial charge in [0.2, 0.25) is 11.7 Å². The summed E-state index contributed by atoms with van der Waals surface area (Å²) in [5.74, 6) is 0.211. The lowest BCUT2D eigenvalue weighted by molar-refractivity contribution is -0.147. The molecular weight excluding hydrogens is 461 g/mol. The number of halogens is 2. The molecule has 0 saturated carbocycles. The van der Waals surface area contributed by atoms with E-state index in [0.717, 1.165) is 5.56 Å². The summed E-state index contributed by atoms with van der Waals surface area (Å²) in [6, 6.07) is 9.96. The van der Waals surface area contributed by atoms with Crippen LogP contribution in [0.25, 0.3) is 11.4 Å². The molecule has 9 nitrogen and oxygen atoms in total. The van der Waals surface area contributed by atoms with Crippen molar-refractivity contribution in [2.75, 3.05) is 26.1 Å². The average molecular weight is 480 g/mol. The first kappa shape index (κ1) is 23.4. The summed E-state index contributed by atoms with van der Waals surface area (Å²) in [5.41, 5.74) is 1.06. The van der Waals surface area contributed by atoms with E-state index in [1.165, 1.54) is 26.4 Å². The quantitative estimate of drug-likeness (QED) is 0.454. The molecular formula is C21H19Cl2N3O6. The van der Waals surface area contributed by atoms with Gasteiger partial charge in [0, 0.05) is 29.1 Å². The molecule has 0 aliphatic heterocycles. The zero-order chi connectivity index (χ0) is 23.1. The van der Waals surface area contributed by atoms with Crippen molar-refractivity contribution < 1.29 is 28.3 Å². The molecule has 0 radical (unpaired) electrons. The number of carbonyl (C=O) groups excluding carboxylic acids is 2. The number of rotatable bonds is 9. The Hall–Kier alpha value is -3.30. The number of methoxy groups -OCH3 is 2. The van der Waals surface area contributed by atoms with Crippen LogP contribution in [0.2, 0.25) is 10.0 Å². The third-order valence-corrected chi connectivity index (χ3v) is 4.77. The first-order chi connectivity index (χ1) is 15.4. The third kappa shape index (κ3) is 6.12. The molecule has 1 aromatic heterocycles. The summed E-state index contributed by atoms with van der Waals surface area (Å²) in [7, 11) is 2.88. The molecule has 1 N–H and O–H groups in total. The summed E-state index contributed by atoms with van der Waals surface area (Å²) in [6.07, 6.45) is 0.136. The Morgan fingerprint density at radius 1 is 1.06 bits per heavy atom. The van der Waals surface area contributed by atoms with Crippen LogP contribution in [0.1, 0.15) is 12.3 Å². The molecule has 32 heavy (non-hydrogen) atoms. The Morgan fingerprint density at radius 2 is 1.78 bits per heavy atom. The van der Waals surface area contributed by atoms with Gasteiger partial charge in [-0.05, 0) is 24.3 Å². The van der Waals surface area contributed by atoms with Gasteiger partial charge in [0.25, 0.3) is 5.91 Å². The van der Waals surface area contributed by atoms with Gasteiger partial charge in [0.15, 0.2) is 6.61 Å². The standard InChI is InChI=1S/C21H19Cl2N3O6/c1-29-16-10-15(17(30-2)9-14(16)23)24-18(27)11-31-20(28)8-7-19-25-21(26-32-19)12-3-5-13(22)6-4-12/h3-6,9-10H,7-8,11H2,1-2H3,(H,24,27). The predicted molar refractivity (Wildman–Crippen MR) is 117 cm³/mol. The molecule has 3 rings (SSSR count). The maximum Gasteiger partial charge on any atom is 0.306 e. The molecule has 0 atom stereocenters. The number of benzene rings is 2. The van der Waals surface area contributed by atoms with Crippen LogP contribution in [0.15, 0.2) is 40.9 Å². The van der Waals surface area contributed by atoms with E-state index in [1.54, 1.807) is 24.3 Å². The molecule has 0 aliphatic carbocycles. The highest BCUT2D eigenvalue weighted by atomic mass is 35.5. The van der Waals surface area contributed by atoms with Crippen molar-refractivity contribution >= 4 is 40.8 Å². The van der Waals surface area contributed by atoms with Crippen molar-refractivity contribution in [3.05, 3.63) is 52.3 Å². The second kappa shape index (κ2) is 10.8. The number of nitrogens with one attached hydrogen (secondary N) is 1. The second-order valence-electron chi connectivity index (χ2n) is 6.41. The molecule has 11 heteroatoms. The number of nitrogens with zero attached hydrogens (tertiary/aromatic N) is 2. The van der Waals surface area contributed by atoms with Crippen LogP contribution in [0.3, 0.4) is 0 Å². The van der Waals surface area contributed by atoms with Crippen LogP contribution in [0.5, 0.6) is 11.5 Å². The lowest BCUT2D eigenvalue weighted by atomic mass is 10.2. The van der Waals surface area contributed by atoms with Crippen LogP contribution in [-0.4, -0.2) is 42.8 Å². The maximum absolute atomic E-state index is 12.2. The van der Waals surface area contributed by atoms with Crippen molar-refractivity contribution in [3.8, 4) is 22.9 Å². The van der Waals surface area contributed by atoms with Gasteiger partial charge in [-0.25, -0.2) is 0 Å². The molecule has 0 bridgehead atoms. The first-order valence-corrected chi connectivity index (χ1v) is 10.1. The molecule has 3 aromatic rings. The highest BCUT2D eigenvalue weighted by Crippen LogP contribution is 2.35. The van der Waals surface area contributed by atoms with E-state index in [0.29, 0.717) is 33.1 Å². The number of hydrogen-bond donors (Lipinski definition) is 1. The van der Waals surface area contributed by atoms with Gasteiger partial charge >= 0.3 is 5.97 Å². The number of ether oxygens (including phenoxy) is 3. The zero-order valence-electron chi connectivity index (χ0n) is 17.2. The van der Waals surface area contributed by atoms with Crippen LogP contribution in [0, 0.1) is 0 Å². The van der Waals surface area contributed by atoms with Crippen molar-refractivity contribution in [1.82, 2.24) is 10.1 Å². The molecule has 0 aliphatic rings. The fourth-order valence-corrected chi connectivity index (χ4v) is 3.00. The number of esters is 1. The summed E-state index contributed by atoms with van der Waals surface area (Å²) in [6.45, 7) is -0.479. The fourth-order valence-electron chi connectivity index (χ4n) is 2.64. The molecule has 0 unspecified atom stereocenters. The van der Waals surface area contributed by atoms with Gasteiger partial charge in [0.05, 0.1) is 31.4 Å². The molecule has 1 heterocycles. The Labute approximate surface area is 193 Å². The Morgan fingerprint density at radius 3 is 2.47 bits per heavy atom. The second-order valence-corrected chi connectivity index (χ2v) is 7.26. The van der Waals surface area contributed by atoms with E-state index in [1.807, 2.05) is 0 Å². The fraction of sp³-hybridized carbons (Fsp3) is 0.238. The van der Waals surface area contributed by atoms with E-state index in [4.69, 9.17) is 41.9 Å². The number of hydrogen-bond acceptors (Lipinski definition) is 8. The number of aromatic nitrogens is 2. The van der Waals surface area contributed by atoms with Crippen molar-refractivity contribution in [2.24, 2.45) is 0 Å². The predicted octanol–water partition coefficient (Wildman–Crippen LogP) is 4.18. The van der Waals surface area contributed by atoms with Gasteiger partial charge in [-0.3, -0.25) is 9.59 Å². The lowest BCUT2D eigenvalue weighted by Crippen LogP contribution is -2.21. The Bertz CT molecular complexity index is 1100. The molecule has 1 amide bonds. The SMILES string of the molecule is COc1cc(NC(=O)COC(=O)CCc2nc(-c3ccc(Cl)cc3)no2)c(OC)cc1Cl. The van der Waals surface area contributed by atoms with E-state index in [2.05, 4.69) is 15.5 Å². The van der Waals surface area contributed by atoms with E-state index in [9.17, 15) is 9.59 Å². The maximum atomic E-state index is 12.2. The zero-order valence-corrected chi connectivity index (χ0v) is 18.7. The Kier molecular flexibility index (Phi) is 7.91. The largest absolute Gasteiger partial charge is 0.495 e. The van der Waals surface area contributed by atoms with Crippen LogP contribution < -0.4 is 14.8 Å². The van der Waals surface area contributed by atoms with Crippen molar-refractivity contribution in [2.45, 2.75) is 12.8 Å². The van der Waals surface area contributed by atoms with Gasteiger partial charge < -0.3 is 24.1 Å².